The van der Waals surface area contributed by atoms with Gasteiger partial charge in [0.25, 0.3) is 0 Å². The Balaban J connectivity index is 0.000000865. The number of alkyl halides is 24. The number of rotatable bonds is 6. The van der Waals surface area contributed by atoms with Crippen LogP contribution in [-0.2, 0) is 49.4 Å². The van der Waals surface area contributed by atoms with Gasteiger partial charge < -0.3 is 4.74 Å². The summed E-state index contributed by atoms with van der Waals surface area (Å²) < 4.78 is 346. The molecule has 27 heteroatoms. The van der Waals surface area contributed by atoms with Crippen molar-refractivity contribution in [3.8, 4) is 5.88 Å². The zero-order chi connectivity index (χ0) is 51.3. The maximum atomic E-state index is 14.2. The highest BCUT2D eigenvalue weighted by molar-refractivity contribution is 7.20. The third-order valence-corrected chi connectivity index (χ3v) is 9.48. The Bertz CT molecular complexity index is 2090. The molecule has 0 atom stereocenters. The van der Waals surface area contributed by atoms with Gasteiger partial charge in [-0.25, -0.2) is 0 Å². The maximum Gasteiger partial charge on any atom is 0.416 e. The number of pyridine rings is 1. The van der Waals surface area contributed by atoms with Crippen molar-refractivity contribution in [3.05, 3.63) is 142 Å². The smallest absolute Gasteiger partial charge is 0.416 e. The van der Waals surface area contributed by atoms with Crippen LogP contribution in [0.3, 0.4) is 0 Å². The number of aromatic amines is 1. The van der Waals surface area contributed by atoms with Crippen molar-refractivity contribution in [1.29, 1.82) is 0 Å². The van der Waals surface area contributed by atoms with E-state index in [9.17, 15) is 105 Å². The van der Waals surface area contributed by atoms with Gasteiger partial charge in [-0.2, -0.15) is 132 Å². The van der Waals surface area contributed by atoms with E-state index in [0.29, 0.717) is 0 Å². The topological polar surface area (TPSA) is 23.4 Å². The number of benzene rings is 4. The van der Waals surface area contributed by atoms with Crippen LogP contribution in [0.25, 0.3) is 0 Å². The summed E-state index contributed by atoms with van der Waals surface area (Å²) in [5.74, 6) is 0.817. The van der Waals surface area contributed by atoms with E-state index in [0.717, 1.165) is 5.88 Å². The van der Waals surface area contributed by atoms with E-state index in [1.807, 2.05) is 38.2 Å². The minimum absolute atomic E-state index is 0.235. The summed E-state index contributed by atoms with van der Waals surface area (Å²) >= 11 is 0. The van der Waals surface area contributed by atoms with E-state index in [2.05, 4.69) is 4.98 Å². The molecule has 0 saturated carbocycles. The maximum absolute atomic E-state index is 14.2. The van der Waals surface area contributed by atoms with Gasteiger partial charge in [0.15, 0.2) is 6.20 Å². The second-order valence-corrected chi connectivity index (χ2v) is 14.6. The fraction of sp³-hybridized carbons (Fsp3) is 0.275. The van der Waals surface area contributed by atoms with Crippen molar-refractivity contribution in [1.82, 2.24) is 0 Å². The normalized spacial score (nSPS) is 13.7. The highest BCUT2D eigenvalue weighted by Crippen LogP contribution is 2.41. The molecular weight excluding hydrogens is 977 g/mol. The molecule has 5 aromatic rings. The lowest BCUT2D eigenvalue weighted by molar-refractivity contribution is -0.396. The van der Waals surface area contributed by atoms with Crippen molar-refractivity contribution in [2.24, 2.45) is 0 Å². The molecule has 366 valence electrons. The van der Waals surface area contributed by atoms with Crippen molar-refractivity contribution in [3.63, 3.8) is 0 Å². The number of H-pyrrole nitrogens is 1. The number of aromatic nitrogens is 1. The molecule has 5 rings (SSSR count). The van der Waals surface area contributed by atoms with Crippen molar-refractivity contribution < 1.29 is 115 Å². The highest BCUT2D eigenvalue weighted by Gasteiger charge is 2.47. The zero-order valence-corrected chi connectivity index (χ0v) is 32.9. The molecule has 0 saturated heterocycles. The third kappa shape index (κ3) is 12.8. The van der Waals surface area contributed by atoms with Crippen LogP contribution in [0.5, 0.6) is 5.88 Å². The van der Waals surface area contributed by atoms with Crippen LogP contribution in [0.1, 0.15) is 58.4 Å². The van der Waals surface area contributed by atoms with Crippen LogP contribution in [0.15, 0.2) is 97.2 Å². The van der Waals surface area contributed by atoms with Gasteiger partial charge in [-0.15, -0.1) is 0 Å². The standard InChI is InChI=1S/C32H12BF24.C8H11NO/c34-25(35,36)13-1-14(26(37,38)39)6-21(5-13)33(22-7-15(27(40,41)42)2-16(8-22)28(43,44)45,23-9-17(29(46,47)48)3-18(10-23)30(49,50)51)24-11-19(31(52,53)54)4-20(12-24)32(55,56)57;1-7(2)10-8-5-3-4-6-9-8/h1-12H;3-7H,1-2H3/q-1;/p+1. The van der Waals surface area contributed by atoms with Gasteiger partial charge in [-0.3, -0.25) is 0 Å². The van der Waals surface area contributed by atoms with Gasteiger partial charge in [0.1, 0.15) is 6.15 Å². The molecule has 0 unspecified atom stereocenters. The number of hydrogen-bond acceptors (Lipinski definition) is 1. The van der Waals surface area contributed by atoms with E-state index >= 15 is 0 Å². The quantitative estimate of drug-likeness (QED) is 0.123. The first-order valence-electron chi connectivity index (χ1n) is 18.0. The Morgan fingerprint density at radius 2 is 0.552 bits per heavy atom. The summed E-state index contributed by atoms with van der Waals surface area (Å²) in [6.45, 7) is 4.00. The molecule has 0 radical (unpaired) electrons. The minimum Gasteiger partial charge on any atom is -0.442 e. The summed E-state index contributed by atoms with van der Waals surface area (Å²) in [4.78, 5) is 2.98. The molecule has 1 N–H and O–H groups in total. The summed E-state index contributed by atoms with van der Waals surface area (Å²) in [6, 6.07) is -3.05. The summed E-state index contributed by atoms with van der Waals surface area (Å²) in [5, 5.41) is 0. The Labute approximate surface area is 360 Å². The summed E-state index contributed by atoms with van der Waals surface area (Å²) in [6.07, 6.45) is -52.7. The van der Waals surface area contributed by atoms with Gasteiger partial charge in [0, 0.05) is 6.07 Å². The SMILES string of the molecule is CC(C)Oc1cccc[nH+]1.FC(F)(F)c1cc([B-](c2cc(C(F)(F)F)cc(C(F)(F)F)c2)(c2cc(C(F)(F)F)cc(C(F)(F)F)c2)c2cc(C(F)(F)F)cc(C(F)(F)F)c2)cc(C(F)(F)F)c1. The lowest BCUT2D eigenvalue weighted by Gasteiger charge is -2.46. The predicted octanol–water partition coefficient (Wildman–Crippen LogP) is 12.5. The lowest BCUT2D eigenvalue weighted by atomic mass is 9.12. The van der Waals surface area contributed by atoms with Gasteiger partial charge in [-0.1, -0.05) is 48.5 Å². The summed E-state index contributed by atoms with van der Waals surface area (Å²) in [5.41, 5.74) is -30.2. The Hall–Kier alpha value is -5.79. The van der Waals surface area contributed by atoms with Crippen LogP contribution in [-0.4, -0.2) is 12.2 Å². The average molecular weight is 1000 g/mol. The van der Waals surface area contributed by atoms with Crippen LogP contribution < -0.4 is 31.6 Å². The average Bonchev–Trinajstić information content (AvgIpc) is 3.15. The molecule has 0 aliphatic carbocycles. The zero-order valence-electron chi connectivity index (χ0n) is 32.9. The van der Waals surface area contributed by atoms with Crippen molar-refractivity contribution >= 4 is 28.0 Å². The first-order chi connectivity index (χ1) is 30.0. The molecule has 0 amide bonds. The molecular formula is C40H24BF24NO. The van der Waals surface area contributed by atoms with Crippen LogP contribution in [0, 0.1) is 0 Å². The van der Waals surface area contributed by atoms with E-state index in [4.69, 9.17) is 4.74 Å². The fourth-order valence-corrected chi connectivity index (χ4v) is 6.77. The Kier molecular flexibility index (Phi) is 14.5. The molecule has 1 heterocycles. The Morgan fingerprint density at radius 1 is 0.343 bits per heavy atom. The van der Waals surface area contributed by atoms with Crippen LogP contribution >= 0.6 is 0 Å². The van der Waals surface area contributed by atoms with Gasteiger partial charge in [0.05, 0.1) is 56.7 Å². The summed E-state index contributed by atoms with van der Waals surface area (Å²) in [7, 11) is 0. The van der Waals surface area contributed by atoms with Crippen molar-refractivity contribution in [2.75, 3.05) is 0 Å². The third-order valence-electron chi connectivity index (χ3n) is 9.48. The van der Waals surface area contributed by atoms with Gasteiger partial charge in [0.2, 0.25) is 0 Å². The number of nitrogens with one attached hydrogen (secondary N) is 1. The first-order valence-corrected chi connectivity index (χ1v) is 18.0. The predicted molar refractivity (Wildman–Crippen MR) is 189 cm³/mol. The molecule has 67 heavy (non-hydrogen) atoms. The van der Waals surface area contributed by atoms with E-state index in [1.54, 1.807) is 0 Å². The molecule has 0 spiro atoms. The molecule has 0 fully saturated rings. The number of ether oxygens (including phenoxy) is 1. The van der Waals surface area contributed by atoms with E-state index < -0.39 is 195 Å². The largest absolute Gasteiger partial charge is 0.442 e. The molecule has 2 nitrogen and oxygen atoms in total. The molecule has 4 aromatic carbocycles. The van der Waals surface area contributed by atoms with Gasteiger partial charge >= 0.3 is 55.3 Å². The first kappa shape index (κ1) is 53.8. The second-order valence-electron chi connectivity index (χ2n) is 14.6. The van der Waals surface area contributed by atoms with Crippen molar-refractivity contribution in [2.45, 2.75) is 69.4 Å². The Morgan fingerprint density at radius 3 is 0.701 bits per heavy atom. The lowest BCUT2D eigenvalue weighted by Crippen LogP contribution is -2.75. The second kappa shape index (κ2) is 18.0. The number of halogens is 24. The number of hydrogen-bond donors (Lipinski definition) is 0. The van der Waals surface area contributed by atoms with Crippen LogP contribution in [0.2, 0.25) is 0 Å². The fourth-order valence-electron chi connectivity index (χ4n) is 6.77. The van der Waals surface area contributed by atoms with Gasteiger partial charge in [-0.05, 0) is 44.2 Å². The molecule has 1 aromatic heterocycles. The molecule has 0 aliphatic heterocycles. The highest BCUT2D eigenvalue weighted by atomic mass is 19.4. The van der Waals surface area contributed by atoms with E-state index in [1.165, 1.54) is 0 Å². The molecule has 0 bridgehead atoms. The van der Waals surface area contributed by atoms with E-state index in [-0.39, 0.29) is 6.10 Å². The monoisotopic (exact) mass is 1000 g/mol. The van der Waals surface area contributed by atoms with Crippen LogP contribution in [0.4, 0.5) is 105 Å². The molecule has 0 aliphatic rings. The minimum atomic E-state index is -6.13.